The fourth-order valence-corrected chi connectivity index (χ4v) is 3.62. The van der Waals surface area contributed by atoms with Crippen LogP contribution in [0.2, 0.25) is 0 Å². The Labute approximate surface area is 157 Å². The lowest BCUT2D eigenvalue weighted by Crippen LogP contribution is -2.41. The van der Waals surface area contributed by atoms with Crippen LogP contribution in [0.4, 0.5) is 0 Å². The summed E-state index contributed by atoms with van der Waals surface area (Å²) >= 11 is 0. The second-order valence-corrected chi connectivity index (χ2v) is 6.21. The second kappa shape index (κ2) is 7.60. The number of carbonyl (C=O) groups is 2. The number of ether oxygens (including phenoxy) is 3. The average Bonchev–Trinajstić information content (AvgIpc) is 3.10. The minimum Gasteiger partial charge on any atom is -0.469 e. The first-order chi connectivity index (χ1) is 13.1. The van der Waals surface area contributed by atoms with Crippen molar-refractivity contribution in [2.45, 2.75) is 11.7 Å². The lowest BCUT2D eigenvalue weighted by atomic mass is 9.75. The van der Waals surface area contributed by atoms with E-state index < -0.39 is 35.5 Å². The Kier molecular flexibility index (Phi) is 5.24. The number of esters is 2. The Morgan fingerprint density at radius 1 is 0.963 bits per heavy atom. The van der Waals surface area contributed by atoms with Gasteiger partial charge in [-0.05, 0) is 11.1 Å². The molecule has 0 aliphatic carbocycles. The predicted octanol–water partition coefficient (Wildman–Crippen LogP) is 2.76. The van der Waals surface area contributed by atoms with Crippen molar-refractivity contribution < 1.29 is 23.8 Å². The number of nitrogens with zero attached hydrogens (tertiary/aromatic N) is 1. The molecule has 3 rings (SSSR count). The van der Waals surface area contributed by atoms with Gasteiger partial charge in [-0.2, -0.15) is 5.26 Å². The topological polar surface area (TPSA) is 85.6 Å². The van der Waals surface area contributed by atoms with Gasteiger partial charge in [-0.3, -0.25) is 9.59 Å². The quantitative estimate of drug-likeness (QED) is 0.775. The van der Waals surface area contributed by atoms with Crippen LogP contribution >= 0.6 is 0 Å². The molecule has 1 heterocycles. The smallest absolute Gasteiger partial charge is 0.314 e. The molecule has 0 spiro atoms. The van der Waals surface area contributed by atoms with E-state index >= 15 is 0 Å². The standard InChI is InChI=1S/C21H19NO5/c1-25-19(23)16-17(20(24)26-2)21(13-22,15-11-7-4-8-12-15)27-18(16)14-9-5-3-6-10-14/h3-12,16-18H,1-2H3/t16-,17+,18-,21+/m0/s1. The first-order valence-corrected chi connectivity index (χ1v) is 8.44. The summed E-state index contributed by atoms with van der Waals surface area (Å²) in [7, 11) is 2.47. The molecule has 1 fully saturated rings. The number of hydrogen-bond donors (Lipinski definition) is 0. The Morgan fingerprint density at radius 2 is 1.52 bits per heavy atom. The molecule has 0 aromatic heterocycles. The van der Waals surface area contributed by atoms with E-state index in [1.54, 1.807) is 54.6 Å². The Balaban J connectivity index is 2.23. The zero-order valence-corrected chi connectivity index (χ0v) is 15.0. The summed E-state index contributed by atoms with van der Waals surface area (Å²) in [5.41, 5.74) is -0.515. The van der Waals surface area contributed by atoms with E-state index in [2.05, 4.69) is 6.07 Å². The van der Waals surface area contributed by atoms with Crippen molar-refractivity contribution in [1.82, 2.24) is 0 Å². The Morgan fingerprint density at radius 3 is 2.04 bits per heavy atom. The Hall–Kier alpha value is -3.17. The zero-order chi connectivity index (χ0) is 19.4. The summed E-state index contributed by atoms with van der Waals surface area (Å²) < 4.78 is 16.1. The van der Waals surface area contributed by atoms with Gasteiger partial charge >= 0.3 is 11.9 Å². The number of nitriles is 1. The van der Waals surface area contributed by atoms with Crippen LogP contribution in [0.15, 0.2) is 60.7 Å². The third-order valence-corrected chi connectivity index (χ3v) is 4.86. The molecular weight excluding hydrogens is 346 g/mol. The molecule has 6 heteroatoms. The summed E-state index contributed by atoms with van der Waals surface area (Å²) in [6, 6.07) is 19.8. The number of benzene rings is 2. The van der Waals surface area contributed by atoms with E-state index in [0.29, 0.717) is 11.1 Å². The van der Waals surface area contributed by atoms with E-state index in [-0.39, 0.29) is 0 Å². The number of methoxy groups -OCH3 is 2. The van der Waals surface area contributed by atoms with Crippen LogP contribution < -0.4 is 0 Å². The number of carbonyl (C=O) groups excluding carboxylic acids is 2. The zero-order valence-electron chi connectivity index (χ0n) is 15.0. The average molecular weight is 365 g/mol. The molecule has 2 aromatic rings. The summed E-state index contributed by atoms with van der Waals surface area (Å²) in [6.07, 6.45) is -0.831. The molecule has 4 atom stereocenters. The first kappa shape index (κ1) is 18.6. The molecule has 6 nitrogen and oxygen atoms in total. The van der Waals surface area contributed by atoms with Gasteiger partial charge < -0.3 is 14.2 Å². The highest BCUT2D eigenvalue weighted by molar-refractivity contribution is 5.85. The molecule has 138 valence electrons. The monoisotopic (exact) mass is 365 g/mol. The minimum atomic E-state index is -1.67. The summed E-state index contributed by atoms with van der Waals surface area (Å²) in [5.74, 6) is -3.53. The van der Waals surface area contributed by atoms with Crippen LogP contribution in [0.5, 0.6) is 0 Å². The van der Waals surface area contributed by atoms with Gasteiger partial charge in [0, 0.05) is 0 Å². The molecule has 0 radical (unpaired) electrons. The summed E-state index contributed by atoms with van der Waals surface area (Å²) in [5, 5.41) is 10.1. The van der Waals surface area contributed by atoms with Crippen LogP contribution in [-0.2, 0) is 29.4 Å². The van der Waals surface area contributed by atoms with E-state index in [0.717, 1.165) is 0 Å². The van der Waals surface area contributed by atoms with Crippen molar-refractivity contribution in [3.05, 3.63) is 71.8 Å². The minimum absolute atomic E-state index is 0.482. The van der Waals surface area contributed by atoms with Crippen LogP contribution in [0, 0.1) is 23.2 Å². The number of rotatable bonds is 4. The Bertz CT molecular complexity index is 861. The normalized spacial score (nSPS) is 26.8. The van der Waals surface area contributed by atoms with Crippen molar-refractivity contribution in [1.29, 1.82) is 5.26 Å². The third-order valence-electron chi connectivity index (χ3n) is 4.86. The molecule has 1 aliphatic heterocycles. The van der Waals surface area contributed by atoms with Crippen LogP contribution in [0.3, 0.4) is 0 Å². The van der Waals surface area contributed by atoms with Crippen LogP contribution in [0.1, 0.15) is 17.2 Å². The molecule has 0 bridgehead atoms. The van der Waals surface area contributed by atoms with E-state index in [9.17, 15) is 14.9 Å². The molecule has 0 saturated carbocycles. The molecule has 1 saturated heterocycles. The second-order valence-electron chi connectivity index (χ2n) is 6.21. The predicted molar refractivity (Wildman–Crippen MR) is 95.0 cm³/mol. The van der Waals surface area contributed by atoms with Gasteiger partial charge in [-0.25, -0.2) is 0 Å². The third kappa shape index (κ3) is 3.07. The molecular formula is C21H19NO5. The van der Waals surface area contributed by atoms with Gasteiger partial charge in [0.05, 0.1) is 20.3 Å². The highest BCUT2D eigenvalue weighted by Gasteiger charge is 2.63. The van der Waals surface area contributed by atoms with E-state index in [4.69, 9.17) is 14.2 Å². The largest absolute Gasteiger partial charge is 0.469 e. The van der Waals surface area contributed by atoms with Crippen molar-refractivity contribution in [2.24, 2.45) is 11.8 Å². The van der Waals surface area contributed by atoms with Crippen molar-refractivity contribution in [3.8, 4) is 6.07 Å². The van der Waals surface area contributed by atoms with Gasteiger partial charge in [0.2, 0.25) is 0 Å². The fourth-order valence-electron chi connectivity index (χ4n) is 3.62. The SMILES string of the molecule is COC(=O)[C@@H]1[C@H](c2ccccc2)O[C@](C#N)(c2ccccc2)[C@H]1C(=O)OC. The molecule has 0 amide bonds. The van der Waals surface area contributed by atoms with Crippen LogP contribution in [-0.4, -0.2) is 26.2 Å². The molecule has 2 aromatic carbocycles. The molecule has 0 unspecified atom stereocenters. The van der Waals surface area contributed by atoms with Gasteiger partial charge in [-0.15, -0.1) is 0 Å². The van der Waals surface area contributed by atoms with E-state index in [1.807, 2.05) is 6.07 Å². The maximum atomic E-state index is 12.7. The molecule has 27 heavy (non-hydrogen) atoms. The van der Waals surface area contributed by atoms with Crippen molar-refractivity contribution in [3.63, 3.8) is 0 Å². The first-order valence-electron chi connectivity index (χ1n) is 8.44. The number of hydrogen-bond acceptors (Lipinski definition) is 6. The maximum Gasteiger partial charge on any atom is 0.314 e. The highest BCUT2D eigenvalue weighted by Crippen LogP contribution is 2.53. The van der Waals surface area contributed by atoms with Gasteiger partial charge in [0.25, 0.3) is 0 Å². The molecule has 0 N–H and O–H groups in total. The van der Waals surface area contributed by atoms with Gasteiger partial charge in [0.1, 0.15) is 17.9 Å². The van der Waals surface area contributed by atoms with Crippen LogP contribution in [0.25, 0.3) is 0 Å². The van der Waals surface area contributed by atoms with E-state index in [1.165, 1.54) is 14.2 Å². The molecule has 1 aliphatic rings. The summed E-state index contributed by atoms with van der Waals surface area (Å²) in [6.45, 7) is 0. The van der Waals surface area contributed by atoms with Crippen molar-refractivity contribution >= 4 is 11.9 Å². The summed E-state index contributed by atoms with van der Waals surface area (Å²) in [4.78, 5) is 25.4. The van der Waals surface area contributed by atoms with Gasteiger partial charge in [-0.1, -0.05) is 60.7 Å². The maximum absolute atomic E-state index is 12.7. The van der Waals surface area contributed by atoms with Crippen molar-refractivity contribution in [2.75, 3.05) is 14.2 Å². The lowest BCUT2D eigenvalue weighted by Gasteiger charge is -2.27. The lowest BCUT2D eigenvalue weighted by molar-refractivity contribution is -0.158. The van der Waals surface area contributed by atoms with Gasteiger partial charge in [0.15, 0.2) is 5.60 Å². The fraction of sp³-hybridized carbons (Fsp3) is 0.286. The highest BCUT2D eigenvalue weighted by atomic mass is 16.6.